The molecule has 0 aliphatic carbocycles. The van der Waals surface area contributed by atoms with E-state index in [0.29, 0.717) is 0 Å². The Morgan fingerprint density at radius 2 is 1.78 bits per heavy atom. The lowest BCUT2D eigenvalue weighted by Gasteiger charge is -2.10. The van der Waals surface area contributed by atoms with Gasteiger partial charge in [-0.2, -0.15) is 0 Å². The lowest BCUT2D eigenvalue weighted by atomic mass is 10.7. The molecule has 2 heterocycles. The third kappa shape index (κ3) is 3.42. The fraction of sp³-hybridized carbons (Fsp3) is 1.00. The standard InChI is InChI=1S/C3H7NO.C2H5NO/c1-2-5-3-4-1;1-2-4-3-1/h4H,1-3H2;3H,1-2H2. The SMILES string of the molecule is C1COCN1.C1CON1. The van der Waals surface area contributed by atoms with Crippen LogP contribution in [-0.4, -0.2) is 33.0 Å². The van der Waals surface area contributed by atoms with Crippen LogP contribution in [-0.2, 0) is 9.57 Å². The van der Waals surface area contributed by atoms with Crippen LogP contribution >= 0.6 is 0 Å². The summed E-state index contributed by atoms with van der Waals surface area (Å²) < 4.78 is 4.83. The Morgan fingerprint density at radius 1 is 1.11 bits per heavy atom. The zero-order valence-corrected chi connectivity index (χ0v) is 5.35. The Kier molecular flexibility index (Phi) is 3.63. The molecule has 4 nitrogen and oxygen atoms in total. The van der Waals surface area contributed by atoms with E-state index in [-0.39, 0.29) is 0 Å². The van der Waals surface area contributed by atoms with Crippen LogP contribution in [0.1, 0.15) is 0 Å². The Bertz CT molecular complexity index is 50.4. The van der Waals surface area contributed by atoms with Crippen molar-refractivity contribution in [2.75, 3.05) is 33.0 Å². The van der Waals surface area contributed by atoms with Gasteiger partial charge >= 0.3 is 0 Å². The predicted octanol–water partition coefficient (Wildman–Crippen LogP) is -0.915. The predicted molar refractivity (Wildman–Crippen MR) is 32.8 cm³/mol. The number of hydrogen-bond donors (Lipinski definition) is 2. The lowest BCUT2D eigenvalue weighted by Crippen LogP contribution is -2.32. The topological polar surface area (TPSA) is 42.5 Å². The Labute approximate surface area is 54.5 Å². The molecule has 2 saturated heterocycles. The van der Waals surface area contributed by atoms with E-state index in [0.717, 1.165) is 33.0 Å². The summed E-state index contributed by atoms with van der Waals surface area (Å²) in [5.74, 6) is 0. The van der Waals surface area contributed by atoms with Gasteiger partial charge in [0, 0.05) is 13.1 Å². The highest BCUT2D eigenvalue weighted by Gasteiger charge is 1.92. The van der Waals surface area contributed by atoms with Gasteiger partial charge < -0.3 is 9.57 Å². The summed E-state index contributed by atoms with van der Waals surface area (Å²) in [5.41, 5.74) is 2.61. The average molecular weight is 132 g/mol. The normalized spacial score (nSPS) is 24.0. The first-order valence-electron chi connectivity index (χ1n) is 3.13. The number of nitrogens with one attached hydrogen (secondary N) is 2. The molecule has 2 rings (SSSR count). The van der Waals surface area contributed by atoms with E-state index in [1.54, 1.807) is 0 Å². The summed E-state index contributed by atoms with van der Waals surface area (Å²) in [5, 5.41) is 3.00. The van der Waals surface area contributed by atoms with Gasteiger partial charge in [-0.25, -0.2) is 5.48 Å². The molecule has 2 N–H and O–H groups in total. The fourth-order valence-electron chi connectivity index (χ4n) is 0.463. The zero-order chi connectivity index (χ0) is 6.36. The average Bonchev–Trinajstić information content (AvgIpc) is 2.07. The number of ether oxygens (including phenoxy) is 1. The maximum atomic E-state index is 4.83. The van der Waals surface area contributed by atoms with E-state index in [1.807, 2.05) is 0 Å². The third-order valence-electron chi connectivity index (χ3n) is 1.04. The van der Waals surface area contributed by atoms with Crippen LogP contribution < -0.4 is 10.8 Å². The zero-order valence-electron chi connectivity index (χ0n) is 5.35. The van der Waals surface area contributed by atoms with E-state index in [4.69, 9.17) is 4.74 Å². The van der Waals surface area contributed by atoms with E-state index in [1.165, 1.54) is 0 Å². The van der Waals surface area contributed by atoms with Crippen molar-refractivity contribution in [3.05, 3.63) is 0 Å². The monoisotopic (exact) mass is 132 g/mol. The second-order valence-electron chi connectivity index (χ2n) is 1.80. The molecule has 9 heavy (non-hydrogen) atoms. The molecule has 0 atom stereocenters. The third-order valence-corrected chi connectivity index (χ3v) is 1.04. The minimum atomic E-state index is 0.750. The van der Waals surface area contributed by atoms with Crippen molar-refractivity contribution in [3.8, 4) is 0 Å². The van der Waals surface area contributed by atoms with Gasteiger partial charge in [0.05, 0.1) is 19.9 Å². The first-order chi connectivity index (χ1) is 4.50. The molecule has 0 saturated carbocycles. The molecule has 0 unspecified atom stereocenters. The number of rotatable bonds is 0. The molecular formula is C5H12N2O2. The second kappa shape index (κ2) is 4.69. The van der Waals surface area contributed by atoms with Crippen molar-refractivity contribution >= 4 is 0 Å². The molecule has 0 amide bonds. The Hall–Kier alpha value is -0.160. The molecule has 54 valence electrons. The van der Waals surface area contributed by atoms with Gasteiger partial charge in [0.1, 0.15) is 0 Å². The molecule has 0 aromatic carbocycles. The Balaban J connectivity index is 0.0000000922. The molecule has 0 radical (unpaired) electrons. The quantitative estimate of drug-likeness (QED) is 0.447. The summed E-state index contributed by atoms with van der Waals surface area (Å²) in [6.07, 6.45) is 0. The van der Waals surface area contributed by atoms with Crippen LogP contribution in [0.25, 0.3) is 0 Å². The molecule has 0 spiro atoms. The van der Waals surface area contributed by atoms with Gasteiger partial charge in [0.25, 0.3) is 0 Å². The maximum absolute atomic E-state index is 4.83. The molecular weight excluding hydrogens is 120 g/mol. The summed E-state index contributed by atoms with van der Waals surface area (Å²) in [6, 6.07) is 0. The van der Waals surface area contributed by atoms with Crippen molar-refractivity contribution in [1.82, 2.24) is 10.8 Å². The first-order valence-corrected chi connectivity index (χ1v) is 3.13. The van der Waals surface area contributed by atoms with E-state index in [9.17, 15) is 0 Å². The first kappa shape index (κ1) is 6.95. The minimum absolute atomic E-state index is 0.750. The van der Waals surface area contributed by atoms with Gasteiger partial charge in [-0.15, -0.1) is 0 Å². The van der Waals surface area contributed by atoms with Crippen molar-refractivity contribution < 1.29 is 9.57 Å². The second-order valence-corrected chi connectivity index (χ2v) is 1.80. The summed E-state index contributed by atoms with van der Waals surface area (Å²) in [7, 11) is 0. The molecule has 2 aliphatic heterocycles. The molecule has 0 aromatic heterocycles. The van der Waals surface area contributed by atoms with Crippen LogP contribution in [0.5, 0.6) is 0 Å². The van der Waals surface area contributed by atoms with Gasteiger partial charge in [0.2, 0.25) is 0 Å². The van der Waals surface area contributed by atoms with E-state index >= 15 is 0 Å². The van der Waals surface area contributed by atoms with Gasteiger partial charge in [-0.1, -0.05) is 0 Å². The van der Waals surface area contributed by atoms with Crippen molar-refractivity contribution in [2.24, 2.45) is 0 Å². The Morgan fingerprint density at radius 3 is 1.89 bits per heavy atom. The van der Waals surface area contributed by atoms with Gasteiger partial charge in [0.15, 0.2) is 0 Å². The summed E-state index contributed by atoms with van der Waals surface area (Å²) in [6.45, 7) is 4.58. The van der Waals surface area contributed by atoms with Crippen molar-refractivity contribution in [3.63, 3.8) is 0 Å². The fourth-order valence-corrected chi connectivity index (χ4v) is 0.463. The van der Waals surface area contributed by atoms with Crippen LogP contribution in [0.2, 0.25) is 0 Å². The summed E-state index contributed by atoms with van der Waals surface area (Å²) in [4.78, 5) is 4.47. The van der Waals surface area contributed by atoms with Crippen molar-refractivity contribution in [1.29, 1.82) is 0 Å². The molecule has 4 heteroatoms. The number of hydrogen-bond acceptors (Lipinski definition) is 4. The van der Waals surface area contributed by atoms with Crippen LogP contribution in [0.4, 0.5) is 0 Å². The highest BCUT2D eigenvalue weighted by atomic mass is 16.7. The molecule has 0 aromatic rings. The van der Waals surface area contributed by atoms with E-state index in [2.05, 4.69) is 15.6 Å². The molecule has 2 aliphatic rings. The largest absolute Gasteiger partial charge is 0.365 e. The van der Waals surface area contributed by atoms with Crippen molar-refractivity contribution in [2.45, 2.75) is 0 Å². The lowest BCUT2D eigenvalue weighted by molar-refractivity contribution is -0.0478. The number of hydroxylamine groups is 1. The van der Waals surface area contributed by atoms with Gasteiger partial charge in [-0.05, 0) is 0 Å². The van der Waals surface area contributed by atoms with Crippen LogP contribution in [0.3, 0.4) is 0 Å². The maximum Gasteiger partial charge on any atom is 0.0966 e. The molecule has 2 fully saturated rings. The highest BCUT2D eigenvalue weighted by Crippen LogP contribution is 1.75. The van der Waals surface area contributed by atoms with Crippen LogP contribution in [0, 0.1) is 0 Å². The minimum Gasteiger partial charge on any atom is -0.365 e. The van der Waals surface area contributed by atoms with E-state index < -0.39 is 0 Å². The smallest absolute Gasteiger partial charge is 0.0966 e. The molecule has 0 bridgehead atoms. The van der Waals surface area contributed by atoms with Crippen LogP contribution in [0.15, 0.2) is 0 Å². The summed E-state index contributed by atoms with van der Waals surface area (Å²) >= 11 is 0. The van der Waals surface area contributed by atoms with Gasteiger partial charge in [-0.3, -0.25) is 5.32 Å². The highest BCUT2D eigenvalue weighted by molar-refractivity contribution is 4.43.